The Labute approximate surface area is 88.1 Å². The fourth-order valence-corrected chi connectivity index (χ4v) is 1.58. The van der Waals surface area contributed by atoms with Crippen LogP contribution in [0, 0.1) is 0 Å². The first-order valence-corrected chi connectivity index (χ1v) is 4.92. The molecule has 1 aliphatic rings. The third-order valence-electron chi connectivity index (χ3n) is 2.42. The van der Waals surface area contributed by atoms with Crippen molar-refractivity contribution < 1.29 is 14.6 Å². The number of aliphatic hydroxyl groups excluding tert-OH is 1. The predicted molar refractivity (Wildman–Crippen MR) is 54.3 cm³/mol. The van der Waals surface area contributed by atoms with Gasteiger partial charge < -0.3 is 14.7 Å². The number of carbonyl (C=O) groups is 1. The third-order valence-corrected chi connectivity index (χ3v) is 2.42. The number of nitrogens with zero attached hydrogens (tertiary/aromatic N) is 1. The van der Waals surface area contributed by atoms with E-state index < -0.39 is 6.10 Å². The Bertz CT molecular complexity index is 339. The van der Waals surface area contributed by atoms with E-state index in [1.807, 2.05) is 30.3 Å². The Kier molecular flexibility index (Phi) is 2.87. The zero-order valence-corrected chi connectivity index (χ0v) is 8.30. The van der Waals surface area contributed by atoms with Gasteiger partial charge in [0.15, 0.2) is 0 Å². The van der Waals surface area contributed by atoms with Crippen LogP contribution in [0.25, 0.3) is 0 Å². The molecule has 0 aromatic heterocycles. The van der Waals surface area contributed by atoms with Crippen LogP contribution < -0.4 is 0 Å². The fraction of sp³-hybridized carbons (Fsp3) is 0.364. The number of cyclic esters (lactones) is 1. The van der Waals surface area contributed by atoms with Gasteiger partial charge in [-0.1, -0.05) is 30.3 Å². The third kappa shape index (κ3) is 2.27. The first-order chi connectivity index (χ1) is 7.27. The first-order valence-electron chi connectivity index (χ1n) is 4.92. The molecular formula is C11H13NO3. The van der Waals surface area contributed by atoms with Crippen molar-refractivity contribution in [1.82, 2.24) is 4.90 Å². The largest absolute Gasteiger partial charge is 0.448 e. The zero-order valence-electron chi connectivity index (χ0n) is 8.30. The highest BCUT2D eigenvalue weighted by Crippen LogP contribution is 2.15. The SMILES string of the molecule is O=C1OCCN1C[C@@H](O)c1ccccc1. The first kappa shape index (κ1) is 9.98. The van der Waals surface area contributed by atoms with E-state index in [1.54, 1.807) is 0 Å². The molecule has 1 atom stereocenters. The maximum Gasteiger partial charge on any atom is 0.410 e. The minimum Gasteiger partial charge on any atom is -0.448 e. The summed E-state index contributed by atoms with van der Waals surface area (Å²) in [6.07, 6.45) is -0.984. The molecule has 0 aliphatic carbocycles. The van der Waals surface area contributed by atoms with E-state index in [4.69, 9.17) is 4.74 Å². The molecule has 0 bridgehead atoms. The molecule has 0 unspecified atom stereocenters. The van der Waals surface area contributed by atoms with Crippen molar-refractivity contribution in [2.75, 3.05) is 19.7 Å². The Morgan fingerprint density at radius 1 is 1.40 bits per heavy atom. The Morgan fingerprint density at radius 2 is 2.13 bits per heavy atom. The summed E-state index contributed by atoms with van der Waals surface area (Å²) in [5, 5.41) is 9.85. The van der Waals surface area contributed by atoms with Crippen molar-refractivity contribution in [2.24, 2.45) is 0 Å². The summed E-state index contributed by atoms with van der Waals surface area (Å²) in [5.41, 5.74) is 0.817. The maximum absolute atomic E-state index is 11.1. The van der Waals surface area contributed by atoms with E-state index in [2.05, 4.69) is 0 Å². The van der Waals surface area contributed by atoms with Crippen LogP contribution in [-0.4, -0.2) is 35.8 Å². The summed E-state index contributed by atoms with van der Waals surface area (Å²) in [7, 11) is 0. The van der Waals surface area contributed by atoms with Crippen LogP contribution in [0.2, 0.25) is 0 Å². The van der Waals surface area contributed by atoms with Crippen molar-refractivity contribution in [3.05, 3.63) is 35.9 Å². The molecule has 0 spiro atoms. The molecule has 1 saturated heterocycles. The van der Waals surface area contributed by atoms with Gasteiger partial charge in [-0.15, -0.1) is 0 Å². The smallest absolute Gasteiger partial charge is 0.410 e. The standard InChI is InChI=1S/C11H13NO3/c13-10(9-4-2-1-3-5-9)8-12-6-7-15-11(12)14/h1-5,10,13H,6-8H2/t10-/m1/s1. The van der Waals surface area contributed by atoms with E-state index in [1.165, 1.54) is 4.90 Å². The molecular weight excluding hydrogens is 194 g/mol. The molecule has 0 saturated carbocycles. The molecule has 15 heavy (non-hydrogen) atoms. The number of β-amino-alcohol motifs (C(OH)–C–C–N with tert-alkyl or cyclic N) is 1. The molecule has 2 rings (SSSR count). The monoisotopic (exact) mass is 207 g/mol. The molecule has 1 heterocycles. The number of ether oxygens (including phenoxy) is 1. The van der Waals surface area contributed by atoms with Crippen molar-refractivity contribution >= 4 is 6.09 Å². The molecule has 4 nitrogen and oxygen atoms in total. The van der Waals surface area contributed by atoms with Crippen molar-refractivity contribution in [1.29, 1.82) is 0 Å². The van der Waals surface area contributed by atoms with Crippen molar-refractivity contribution in [2.45, 2.75) is 6.10 Å². The Balaban J connectivity index is 1.98. The second-order valence-corrected chi connectivity index (χ2v) is 3.49. The number of benzene rings is 1. The van der Waals surface area contributed by atoms with Crippen LogP contribution in [0.5, 0.6) is 0 Å². The van der Waals surface area contributed by atoms with Gasteiger partial charge >= 0.3 is 6.09 Å². The highest BCUT2D eigenvalue weighted by Gasteiger charge is 2.24. The summed E-state index contributed by atoms with van der Waals surface area (Å²) >= 11 is 0. The van der Waals surface area contributed by atoms with Crippen LogP contribution in [0.3, 0.4) is 0 Å². The molecule has 1 aromatic carbocycles. The van der Waals surface area contributed by atoms with Crippen molar-refractivity contribution in [3.63, 3.8) is 0 Å². The predicted octanol–water partition coefficient (Wildman–Crippen LogP) is 1.17. The summed E-state index contributed by atoms with van der Waals surface area (Å²) in [5.74, 6) is 0. The van der Waals surface area contributed by atoms with E-state index in [-0.39, 0.29) is 6.09 Å². The van der Waals surface area contributed by atoms with Gasteiger partial charge in [-0.3, -0.25) is 0 Å². The average molecular weight is 207 g/mol. The molecule has 1 fully saturated rings. The summed E-state index contributed by atoms with van der Waals surface area (Å²) < 4.78 is 4.78. The van der Waals surface area contributed by atoms with Gasteiger partial charge in [0, 0.05) is 0 Å². The number of amides is 1. The molecule has 1 amide bonds. The molecule has 0 radical (unpaired) electrons. The van der Waals surface area contributed by atoms with Gasteiger partial charge in [0.05, 0.1) is 19.2 Å². The van der Waals surface area contributed by atoms with E-state index in [9.17, 15) is 9.90 Å². The summed E-state index contributed by atoms with van der Waals surface area (Å²) in [6, 6.07) is 9.29. The molecule has 4 heteroatoms. The average Bonchev–Trinajstić information content (AvgIpc) is 2.66. The van der Waals surface area contributed by atoms with Gasteiger partial charge in [0.25, 0.3) is 0 Å². The number of rotatable bonds is 3. The lowest BCUT2D eigenvalue weighted by Crippen LogP contribution is -2.29. The topological polar surface area (TPSA) is 49.8 Å². The Morgan fingerprint density at radius 3 is 2.73 bits per heavy atom. The molecule has 80 valence electrons. The second-order valence-electron chi connectivity index (χ2n) is 3.49. The van der Waals surface area contributed by atoms with Crippen LogP contribution in [0.1, 0.15) is 11.7 Å². The lowest BCUT2D eigenvalue weighted by molar-refractivity contribution is 0.118. The van der Waals surface area contributed by atoms with Gasteiger partial charge in [-0.25, -0.2) is 4.79 Å². The van der Waals surface area contributed by atoms with Gasteiger partial charge in [-0.05, 0) is 5.56 Å². The maximum atomic E-state index is 11.1. The van der Waals surface area contributed by atoms with Crippen LogP contribution >= 0.6 is 0 Å². The van der Waals surface area contributed by atoms with Gasteiger partial charge in [0.1, 0.15) is 6.61 Å². The zero-order chi connectivity index (χ0) is 10.7. The second kappa shape index (κ2) is 4.31. The molecule has 1 N–H and O–H groups in total. The molecule has 1 aromatic rings. The number of hydrogen-bond donors (Lipinski definition) is 1. The highest BCUT2D eigenvalue weighted by atomic mass is 16.6. The quantitative estimate of drug-likeness (QED) is 0.809. The summed E-state index contributed by atoms with van der Waals surface area (Å²) in [6.45, 7) is 1.27. The lowest BCUT2D eigenvalue weighted by Gasteiger charge is -2.17. The van der Waals surface area contributed by atoms with Crippen molar-refractivity contribution in [3.8, 4) is 0 Å². The van der Waals surface area contributed by atoms with E-state index >= 15 is 0 Å². The van der Waals surface area contributed by atoms with E-state index in [0.29, 0.717) is 19.7 Å². The number of aliphatic hydroxyl groups is 1. The number of hydrogen-bond acceptors (Lipinski definition) is 3. The Hall–Kier alpha value is -1.55. The van der Waals surface area contributed by atoms with Gasteiger partial charge in [0.2, 0.25) is 0 Å². The minimum atomic E-state index is -0.642. The fourth-order valence-electron chi connectivity index (χ4n) is 1.58. The van der Waals surface area contributed by atoms with Crippen LogP contribution in [0.4, 0.5) is 4.79 Å². The minimum absolute atomic E-state index is 0.294. The van der Waals surface area contributed by atoms with Crippen LogP contribution in [0.15, 0.2) is 30.3 Å². The lowest BCUT2D eigenvalue weighted by atomic mass is 10.1. The number of carbonyl (C=O) groups excluding carboxylic acids is 1. The summed E-state index contributed by atoms with van der Waals surface area (Å²) in [4.78, 5) is 12.6. The van der Waals surface area contributed by atoms with Gasteiger partial charge in [-0.2, -0.15) is 0 Å². The normalized spacial score (nSPS) is 17.7. The molecule has 1 aliphatic heterocycles. The highest BCUT2D eigenvalue weighted by molar-refractivity contribution is 5.69. The van der Waals surface area contributed by atoms with Crippen LogP contribution in [-0.2, 0) is 4.74 Å². The van der Waals surface area contributed by atoms with E-state index in [0.717, 1.165) is 5.56 Å².